The number of nitrogens with zero attached hydrogens (tertiary/aromatic N) is 1. The zero-order valence-electron chi connectivity index (χ0n) is 15.5. The van der Waals surface area contributed by atoms with Crippen molar-refractivity contribution in [2.24, 2.45) is 0 Å². The van der Waals surface area contributed by atoms with Crippen molar-refractivity contribution < 1.29 is 26.8 Å². The molecule has 28 heavy (non-hydrogen) atoms. The minimum absolute atomic E-state index is 0.0158. The van der Waals surface area contributed by atoms with Gasteiger partial charge in [0.25, 0.3) is 0 Å². The monoisotopic (exact) mass is 469 g/mol. The van der Waals surface area contributed by atoms with Crippen LogP contribution in [-0.4, -0.2) is 34.8 Å². The van der Waals surface area contributed by atoms with Crippen LogP contribution < -0.4 is 13.7 Å². The van der Waals surface area contributed by atoms with Crippen LogP contribution in [0, 0.1) is 11.3 Å². The third-order valence-corrected chi connectivity index (χ3v) is 5.27. The largest absolute Gasteiger partial charge is 0.491 e. The van der Waals surface area contributed by atoms with Crippen molar-refractivity contribution in [1.82, 2.24) is 0 Å². The minimum atomic E-state index is -4.12. The number of rotatable bonds is 10. The van der Waals surface area contributed by atoms with E-state index in [4.69, 9.17) is 23.7 Å². The summed E-state index contributed by atoms with van der Waals surface area (Å²) < 4.78 is 47.0. The molecule has 2 rings (SSSR count). The second-order valence-corrected chi connectivity index (χ2v) is 7.79. The van der Waals surface area contributed by atoms with Crippen LogP contribution >= 0.6 is 15.9 Å². The summed E-state index contributed by atoms with van der Waals surface area (Å²) in [5.74, 6) is 0.666. The topological polar surface area (TPSA) is 94.9 Å². The molecule has 0 aliphatic rings. The van der Waals surface area contributed by atoms with Gasteiger partial charge in [-0.2, -0.15) is 13.7 Å². The van der Waals surface area contributed by atoms with E-state index in [-0.39, 0.29) is 23.0 Å². The number of benzene rings is 2. The van der Waals surface area contributed by atoms with Crippen LogP contribution in [0.2, 0.25) is 0 Å². The maximum absolute atomic E-state index is 12.7. The lowest BCUT2D eigenvalue weighted by Gasteiger charge is -2.14. The molecule has 150 valence electrons. The summed E-state index contributed by atoms with van der Waals surface area (Å²) in [6.45, 7) is 5.34. The van der Waals surface area contributed by atoms with Gasteiger partial charge in [0, 0.05) is 12.7 Å². The standard InChI is InChI=1S/C19H20BrNO6S/c1-3-24-9-10-26-15-5-7-16(8-6-15)28(22,23)27-19-17(20)11-14(13-21)12-18(19)25-4-2/h5-8,11-12H,3-4,9-10H2,1-2H3. The van der Waals surface area contributed by atoms with Gasteiger partial charge in [-0.25, -0.2) is 0 Å². The molecule has 9 heteroatoms. The molecule has 0 atom stereocenters. The Balaban J connectivity index is 2.21. The first-order valence-electron chi connectivity index (χ1n) is 8.52. The molecule has 0 saturated heterocycles. The molecule has 0 N–H and O–H groups in total. The molecule has 0 aliphatic heterocycles. The van der Waals surface area contributed by atoms with Crippen molar-refractivity contribution >= 4 is 26.0 Å². The van der Waals surface area contributed by atoms with Crippen molar-refractivity contribution in [1.29, 1.82) is 5.26 Å². The Hall–Kier alpha value is -2.28. The van der Waals surface area contributed by atoms with Crippen LogP contribution in [0.15, 0.2) is 45.8 Å². The molecule has 0 aliphatic carbocycles. The maximum atomic E-state index is 12.7. The molecule has 0 bridgehead atoms. The summed E-state index contributed by atoms with van der Waals surface area (Å²) in [4.78, 5) is -0.0385. The van der Waals surface area contributed by atoms with Gasteiger partial charge < -0.3 is 18.4 Å². The first kappa shape index (κ1) is 22.0. The predicted molar refractivity (Wildman–Crippen MR) is 106 cm³/mol. The third kappa shape index (κ3) is 5.86. The summed E-state index contributed by atoms with van der Waals surface area (Å²) >= 11 is 3.23. The molecule has 0 unspecified atom stereocenters. The van der Waals surface area contributed by atoms with E-state index in [1.54, 1.807) is 19.1 Å². The van der Waals surface area contributed by atoms with Crippen LogP contribution in [0.4, 0.5) is 0 Å². The molecule has 0 saturated carbocycles. The van der Waals surface area contributed by atoms with Gasteiger partial charge in [-0.05, 0) is 60.1 Å². The van der Waals surface area contributed by atoms with E-state index in [9.17, 15) is 8.42 Å². The SMILES string of the molecule is CCOCCOc1ccc(S(=O)(=O)Oc2c(Br)cc(C#N)cc2OCC)cc1. The van der Waals surface area contributed by atoms with Crippen LogP contribution in [-0.2, 0) is 14.9 Å². The Morgan fingerprint density at radius 1 is 1.04 bits per heavy atom. The van der Waals surface area contributed by atoms with Crippen LogP contribution in [0.25, 0.3) is 0 Å². The molecule has 0 radical (unpaired) electrons. The zero-order valence-corrected chi connectivity index (χ0v) is 17.9. The van der Waals surface area contributed by atoms with E-state index >= 15 is 0 Å². The summed E-state index contributed by atoms with van der Waals surface area (Å²) in [6, 6.07) is 10.7. The molecule has 2 aromatic carbocycles. The molecule has 2 aromatic rings. The molecular weight excluding hydrogens is 450 g/mol. The Kier molecular flexibility index (Phi) is 8.11. The smallest absolute Gasteiger partial charge is 0.339 e. The average molecular weight is 470 g/mol. The van der Waals surface area contributed by atoms with Gasteiger partial charge in [-0.1, -0.05) is 0 Å². The Labute approximate surface area is 173 Å². The number of ether oxygens (including phenoxy) is 3. The van der Waals surface area contributed by atoms with Gasteiger partial charge >= 0.3 is 10.1 Å². The van der Waals surface area contributed by atoms with Crippen molar-refractivity contribution in [3.8, 4) is 23.3 Å². The molecular formula is C19H20BrNO6S. The van der Waals surface area contributed by atoms with E-state index in [2.05, 4.69) is 15.9 Å². The first-order chi connectivity index (χ1) is 13.4. The second-order valence-electron chi connectivity index (χ2n) is 5.38. The summed E-state index contributed by atoms with van der Waals surface area (Å²) in [6.07, 6.45) is 0. The lowest BCUT2D eigenvalue weighted by atomic mass is 10.2. The first-order valence-corrected chi connectivity index (χ1v) is 10.7. The number of nitriles is 1. The molecule has 7 nitrogen and oxygen atoms in total. The number of hydrogen-bond acceptors (Lipinski definition) is 7. The van der Waals surface area contributed by atoms with Gasteiger partial charge in [-0.3, -0.25) is 0 Å². The Morgan fingerprint density at radius 3 is 2.36 bits per heavy atom. The second kappa shape index (κ2) is 10.3. The zero-order chi connectivity index (χ0) is 20.6. The maximum Gasteiger partial charge on any atom is 0.339 e. The Morgan fingerprint density at radius 2 is 1.75 bits per heavy atom. The highest BCUT2D eigenvalue weighted by Gasteiger charge is 2.22. The van der Waals surface area contributed by atoms with Crippen molar-refractivity contribution in [3.63, 3.8) is 0 Å². The van der Waals surface area contributed by atoms with Gasteiger partial charge in [0.1, 0.15) is 17.3 Å². The number of halogens is 1. The van der Waals surface area contributed by atoms with Crippen molar-refractivity contribution in [3.05, 3.63) is 46.4 Å². The van der Waals surface area contributed by atoms with Gasteiger partial charge in [0.15, 0.2) is 11.5 Å². The van der Waals surface area contributed by atoms with E-state index in [1.165, 1.54) is 24.3 Å². The fourth-order valence-electron chi connectivity index (χ4n) is 2.20. The summed E-state index contributed by atoms with van der Waals surface area (Å²) in [5.41, 5.74) is 0.314. The summed E-state index contributed by atoms with van der Waals surface area (Å²) in [7, 11) is -4.12. The fourth-order valence-corrected chi connectivity index (χ4v) is 3.79. The molecule has 0 heterocycles. The van der Waals surface area contributed by atoms with Crippen molar-refractivity contribution in [2.45, 2.75) is 18.7 Å². The molecule has 0 fully saturated rings. The molecule has 0 spiro atoms. The van der Waals surface area contributed by atoms with Crippen LogP contribution in [0.3, 0.4) is 0 Å². The van der Waals surface area contributed by atoms with E-state index in [0.29, 0.717) is 35.6 Å². The van der Waals surface area contributed by atoms with E-state index < -0.39 is 10.1 Å². The minimum Gasteiger partial charge on any atom is -0.491 e. The van der Waals surface area contributed by atoms with Crippen LogP contribution in [0.5, 0.6) is 17.2 Å². The quantitative estimate of drug-likeness (QED) is 0.384. The third-order valence-electron chi connectivity index (χ3n) is 3.44. The normalized spacial score (nSPS) is 10.9. The van der Waals surface area contributed by atoms with Crippen molar-refractivity contribution in [2.75, 3.05) is 26.4 Å². The predicted octanol–water partition coefficient (Wildman–Crippen LogP) is 3.90. The Bertz CT molecular complexity index is 938. The molecule has 0 aromatic heterocycles. The van der Waals surface area contributed by atoms with Gasteiger partial charge in [-0.15, -0.1) is 0 Å². The highest BCUT2D eigenvalue weighted by molar-refractivity contribution is 9.10. The molecule has 0 amide bonds. The van der Waals surface area contributed by atoms with E-state index in [0.717, 1.165) is 0 Å². The fraction of sp³-hybridized carbons (Fsp3) is 0.316. The average Bonchev–Trinajstić information content (AvgIpc) is 2.68. The van der Waals surface area contributed by atoms with E-state index in [1.807, 2.05) is 13.0 Å². The highest BCUT2D eigenvalue weighted by atomic mass is 79.9. The highest BCUT2D eigenvalue weighted by Crippen LogP contribution is 2.38. The van der Waals surface area contributed by atoms with Gasteiger partial charge in [0.05, 0.1) is 29.3 Å². The lowest BCUT2D eigenvalue weighted by Crippen LogP contribution is -2.11. The summed E-state index contributed by atoms with van der Waals surface area (Å²) in [5, 5.41) is 9.07. The van der Waals surface area contributed by atoms with Crippen LogP contribution in [0.1, 0.15) is 19.4 Å². The lowest BCUT2D eigenvalue weighted by molar-refractivity contribution is 0.110. The number of hydrogen-bond donors (Lipinski definition) is 0. The van der Waals surface area contributed by atoms with Gasteiger partial charge in [0.2, 0.25) is 0 Å².